The van der Waals surface area contributed by atoms with Crippen molar-refractivity contribution in [3.63, 3.8) is 0 Å². The predicted octanol–water partition coefficient (Wildman–Crippen LogP) is 4.67. The average molecular weight is 460 g/mol. The Morgan fingerprint density at radius 2 is 1.94 bits per heavy atom. The smallest absolute Gasteiger partial charge is 0.160 e. The first-order valence-electron chi connectivity index (χ1n) is 12.3. The maximum Gasteiger partial charge on any atom is 0.160 e. The quantitative estimate of drug-likeness (QED) is 0.458. The summed E-state index contributed by atoms with van der Waals surface area (Å²) in [5, 5.41) is 0. The lowest BCUT2D eigenvalue weighted by molar-refractivity contribution is 0.295. The van der Waals surface area contributed by atoms with Gasteiger partial charge in [-0.15, -0.1) is 0 Å². The lowest BCUT2D eigenvalue weighted by atomic mass is 9.82. The zero-order valence-corrected chi connectivity index (χ0v) is 20.9. The molecule has 4 rings (SSSR count). The maximum absolute atomic E-state index is 7.26. The van der Waals surface area contributed by atoms with Gasteiger partial charge in [-0.2, -0.15) is 0 Å². The molecule has 0 bridgehead atoms. The summed E-state index contributed by atoms with van der Waals surface area (Å²) in [6, 6.07) is 6.38. The van der Waals surface area contributed by atoms with Crippen LogP contribution in [0.25, 0.3) is 22.9 Å². The monoisotopic (exact) mass is 459 g/mol. The molecule has 1 unspecified atom stereocenters. The molecule has 0 aliphatic carbocycles. The Kier molecular flexibility index (Phi) is 7.14. The molecule has 0 fully saturated rings. The number of nitrogens with one attached hydrogen (secondary N) is 1. The number of benzene rings is 1. The van der Waals surface area contributed by atoms with E-state index in [0.29, 0.717) is 17.6 Å². The van der Waals surface area contributed by atoms with Gasteiger partial charge in [0.1, 0.15) is 17.4 Å². The second kappa shape index (κ2) is 10.1. The number of fused-ring (bicyclic) bond motifs is 2. The first kappa shape index (κ1) is 24.1. The van der Waals surface area contributed by atoms with E-state index < -0.39 is 5.54 Å². The van der Waals surface area contributed by atoms with Crippen LogP contribution in [0.4, 0.5) is 0 Å². The highest BCUT2D eigenvalue weighted by Crippen LogP contribution is 2.43. The van der Waals surface area contributed by atoms with Crippen LogP contribution in [-0.4, -0.2) is 56.4 Å². The van der Waals surface area contributed by atoms with Crippen molar-refractivity contribution >= 4 is 22.9 Å². The molecule has 7 heteroatoms. The number of rotatable bonds is 10. The third-order valence-corrected chi connectivity index (χ3v) is 6.97. The summed E-state index contributed by atoms with van der Waals surface area (Å²) in [6.07, 6.45) is 9.55. The van der Waals surface area contributed by atoms with Gasteiger partial charge in [0.25, 0.3) is 0 Å². The van der Waals surface area contributed by atoms with Crippen LogP contribution in [0.5, 0.6) is 0 Å². The summed E-state index contributed by atoms with van der Waals surface area (Å²) in [5.41, 5.74) is 14.1. The fraction of sp³-hybridized carbons (Fsp3) is 0.444. The van der Waals surface area contributed by atoms with Crippen molar-refractivity contribution < 1.29 is 0 Å². The second-order valence-corrected chi connectivity index (χ2v) is 9.32. The third kappa shape index (κ3) is 4.38. The minimum Gasteiger partial charge on any atom is -0.343 e. The van der Waals surface area contributed by atoms with Crippen molar-refractivity contribution in [2.45, 2.75) is 52.0 Å². The number of aromatic amines is 1. The lowest BCUT2D eigenvalue weighted by Crippen LogP contribution is -2.47. The highest BCUT2D eigenvalue weighted by Gasteiger charge is 2.40. The van der Waals surface area contributed by atoms with E-state index >= 15 is 0 Å². The van der Waals surface area contributed by atoms with E-state index in [1.54, 1.807) is 12.7 Å². The molecular formula is C27H37N7. The molecule has 34 heavy (non-hydrogen) atoms. The molecule has 0 radical (unpaired) electrons. The Labute approximate surface area is 202 Å². The first-order valence-corrected chi connectivity index (χ1v) is 12.3. The van der Waals surface area contributed by atoms with E-state index in [2.05, 4.69) is 88.4 Å². The molecule has 0 spiro atoms. The number of hydrogen-bond donors (Lipinski definition) is 2. The Bertz CT molecular complexity index is 1190. The Morgan fingerprint density at radius 1 is 1.15 bits per heavy atom. The van der Waals surface area contributed by atoms with Gasteiger partial charge in [-0.05, 0) is 63.5 Å². The minimum absolute atomic E-state index is 0.666. The number of unbranched alkanes of at least 4 members (excludes halogenated alkanes) is 1. The molecule has 0 saturated carbocycles. The summed E-state index contributed by atoms with van der Waals surface area (Å²) in [5.74, 6) is 0. The van der Waals surface area contributed by atoms with Gasteiger partial charge in [0.05, 0.1) is 12.0 Å². The largest absolute Gasteiger partial charge is 0.343 e. The highest BCUT2D eigenvalue weighted by atomic mass is 15.2. The van der Waals surface area contributed by atoms with Gasteiger partial charge in [-0.3, -0.25) is 0 Å². The predicted molar refractivity (Wildman–Crippen MR) is 140 cm³/mol. The first-order chi connectivity index (χ1) is 16.4. The summed E-state index contributed by atoms with van der Waals surface area (Å²) < 4.78 is 0. The molecule has 7 nitrogen and oxygen atoms in total. The van der Waals surface area contributed by atoms with Crippen LogP contribution in [0, 0.1) is 6.92 Å². The number of imidazole rings is 1. The maximum atomic E-state index is 7.26. The molecule has 3 aromatic rings. The SMILES string of the molecule is C=C1c2c(C)cccc2C=C(C(N)(CC)c2ncnc3[nH]cnc23)N1CCCN(C)CCCC. The molecule has 1 aliphatic heterocycles. The van der Waals surface area contributed by atoms with E-state index in [0.717, 1.165) is 48.7 Å². The van der Waals surface area contributed by atoms with Crippen molar-refractivity contribution in [2.75, 3.05) is 26.7 Å². The highest BCUT2D eigenvalue weighted by molar-refractivity contribution is 5.82. The zero-order chi connectivity index (χ0) is 24.3. The van der Waals surface area contributed by atoms with Gasteiger partial charge >= 0.3 is 0 Å². The number of H-pyrrole nitrogens is 1. The van der Waals surface area contributed by atoms with E-state index in [-0.39, 0.29) is 0 Å². The molecule has 1 aromatic carbocycles. The summed E-state index contributed by atoms with van der Waals surface area (Å²) in [6.45, 7) is 14.0. The second-order valence-electron chi connectivity index (χ2n) is 9.32. The third-order valence-electron chi connectivity index (χ3n) is 6.97. The van der Waals surface area contributed by atoms with E-state index in [4.69, 9.17) is 5.73 Å². The number of nitrogens with two attached hydrogens (primary N) is 1. The Balaban J connectivity index is 1.76. The molecular weight excluding hydrogens is 422 g/mol. The van der Waals surface area contributed by atoms with Gasteiger partial charge < -0.3 is 20.5 Å². The number of aryl methyl sites for hydroxylation is 1. The van der Waals surface area contributed by atoms with Crippen LogP contribution in [0.3, 0.4) is 0 Å². The molecule has 2 aromatic heterocycles. The number of aromatic nitrogens is 4. The van der Waals surface area contributed by atoms with Crippen LogP contribution in [0.15, 0.2) is 43.1 Å². The molecule has 3 heterocycles. The Hall–Kier alpha value is -3.03. The van der Waals surface area contributed by atoms with Crippen molar-refractivity contribution in [1.29, 1.82) is 0 Å². The van der Waals surface area contributed by atoms with Crippen LogP contribution < -0.4 is 5.73 Å². The van der Waals surface area contributed by atoms with Crippen molar-refractivity contribution in [3.8, 4) is 0 Å². The van der Waals surface area contributed by atoms with E-state index in [1.807, 2.05) is 0 Å². The molecule has 1 aliphatic rings. The van der Waals surface area contributed by atoms with Crippen molar-refractivity contribution in [1.82, 2.24) is 29.7 Å². The summed E-state index contributed by atoms with van der Waals surface area (Å²) in [7, 11) is 2.20. The van der Waals surface area contributed by atoms with Crippen molar-refractivity contribution in [2.24, 2.45) is 5.73 Å². The van der Waals surface area contributed by atoms with Crippen LogP contribution in [-0.2, 0) is 5.54 Å². The Morgan fingerprint density at radius 3 is 2.71 bits per heavy atom. The molecule has 0 saturated heterocycles. The molecule has 0 amide bonds. The van der Waals surface area contributed by atoms with Gasteiger partial charge in [0.2, 0.25) is 0 Å². The number of hydrogen-bond acceptors (Lipinski definition) is 6. The van der Waals surface area contributed by atoms with Crippen LogP contribution >= 0.6 is 0 Å². The fourth-order valence-electron chi connectivity index (χ4n) is 4.94. The molecule has 180 valence electrons. The zero-order valence-electron chi connectivity index (χ0n) is 20.9. The fourth-order valence-corrected chi connectivity index (χ4v) is 4.94. The topological polar surface area (TPSA) is 87.0 Å². The van der Waals surface area contributed by atoms with Crippen LogP contribution in [0.1, 0.15) is 61.9 Å². The van der Waals surface area contributed by atoms with E-state index in [1.165, 1.54) is 24.0 Å². The van der Waals surface area contributed by atoms with Crippen molar-refractivity contribution in [3.05, 3.63) is 65.5 Å². The normalized spacial score (nSPS) is 15.5. The molecule has 3 N–H and O–H groups in total. The minimum atomic E-state index is -0.838. The van der Waals surface area contributed by atoms with Gasteiger partial charge in [-0.25, -0.2) is 15.0 Å². The standard InChI is InChI=1S/C27H37N7/c1-6-8-13-33(5)14-10-15-34-20(4)23-19(3)11-9-12-21(23)16-22(34)27(28,7-2)25-24-26(31-17-29-24)32-18-30-25/h9,11-12,16-18H,4,6-8,10,13-15,28H2,1-3,5H3,(H,29,30,31,32). The van der Waals surface area contributed by atoms with Gasteiger partial charge in [0, 0.05) is 23.5 Å². The van der Waals surface area contributed by atoms with Gasteiger partial charge in [-0.1, -0.05) is 45.0 Å². The summed E-state index contributed by atoms with van der Waals surface area (Å²) in [4.78, 5) is 21.3. The lowest BCUT2D eigenvalue weighted by Gasteiger charge is -2.43. The molecule has 1 atom stereocenters. The number of nitrogens with zero attached hydrogens (tertiary/aromatic N) is 5. The summed E-state index contributed by atoms with van der Waals surface area (Å²) >= 11 is 0. The van der Waals surface area contributed by atoms with Gasteiger partial charge in [0.15, 0.2) is 5.65 Å². The van der Waals surface area contributed by atoms with E-state index in [9.17, 15) is 0 Å². The van der Waals surface area contributed by atoms with Crippen LogP contribution in [0.2, 0.25) is 0 Å². The average Bonchev–Trinajstić information content (AvgIpc) is 3.32.